The van der Waals surface area contributed by atoms with E-state index < -0.39 is 11.6 Å². The standard InChI is InChI=1S/C13H16F2O/c1-8(2)4-5-13(16)10-6-9(3)11(14)7-12(10)15/h6-8H,4-5H2,1-3H3. The van der Waals surface area contributed by atoms with Crippen molar-refractivity contribution in [2.75, 3.05) is 0 Å². The van der Waals surface area contributed by atoms with Crippen molar-refractivity contribution in [1.82, 2.24) is 0 Å². The summed E-state index contributed by atoms with van der Waals surface area (Å²) in [6, 6.07) is 2.06. The highest BCUT2D eigenvalue weighted by molar-refractivity contribution is 5.96. The lowest BCUT2D eigenvalue weighted by atomic mass is 9.99. The number of rotatable bonds is 4. The molecule has 16 heavy (non-hydrogen) atoms. The minimum absolute atomic E-state index is 0.000417. The van der Waals surface area contributed by atoms with E-state index in [1.807, 2.05) is 13.8 Å². The number of carbonyl (C=O) groups is 1. The first-order valence-electron chi connectivity index (χ1n) is 5.40. The highest BCUT2D eigenvalue weighted by Gasteiger charge is 2.14. The Balaban J connectivity index is 2.87. The third-order valence-corrected chi connectivity index (χ3v) is 2.50. The number of Topliss-reactive ketones (excluding diaryl/α,β-unsaturated/α-hetero) is 1. The molecule has 0 aliphatic rings. The van der Waals surface area contributed by atoms with Gasteiger partial charge >= 0.3 is 0 Å². The molecule has 3 heteroatoms. The van der Waals surface area contributed by atoms with E-state index in [1.54, 1.807) is 0 Å². The van der Waals surface area contributed by atoms with Crippen molar-refractivity contribution in [1.29, 1.82) is 0 Å². The van der Waals surface area contributed by atoms with E-state index in [-0.39, 0.29) is 11.3 Å². The van der Waals surface area contributed by atoms with Crippen LogP contribution in [0.1, 0.15) is 42.6 Å². The molecule has 0 aliphatic carbocycles. The van der Waals surface area contributed by atoms with Crippen molar-refractivity contribution in [2.45, 2.75) is 33.6 Å². The van der Waals surface area contributed by atoms with Crippen LogP contribution in [0.4, 0.5) is 8.78 Å². The molecule has 0 aromatic heterocycles. The Bertz CT molecular complexity index is 397. The van der Waals surface area contributed by atoms with Crippen LogP contribution in [-0.2, 0) is 0 Å². The van der Waals surface area contributed by atoms with Gasteiger partial charge in [-0.15, -0.1) is 0 Å². The lowest BCUT2D eigenvalue weighted by Crippen LogP contribution is -2.05. The van der Waals surface area contributed by atoms with Gasteiger partial charge in [0, 0.05) is 12.5 Å². The molecule has 0 atom stereocenters. The highest BCUT2D eigenvalue weighted by Crippen LogP contribution is 2.17. The van der Waals surface area contributed by atoms with Crippen LogP contribution in [0.25, 0.3) is 0 Å². The molecule has 0 aliphatic heterocycles. The van der Waals surface area contributed by atoms with Crippen LogP contribution in [-0.4, -0.2) is 5.78 Å². The smallest absolute Gasteiger partial charge is 0.165 e. The molecule has 0 radical (unpaired) electrons. The van der Waals surface area contributed by atoms with Gasteiger partial charge in [-0.05, 0) is 30.9 Å². The quantitative estimate of drug-likeness (QED) is 0.712. The van der Waals surface area contributed by atoms with Gasteiger partial charge in [-0.1, -0.05) is 13.8 Å². The molecule has 0 unspecified atom stereocenters. The molecule has 1 rings (SSSR count). The zero-order chi connectivity index (χ0) is 12.3. The Morgan fingerprint density at radius 3 is 2.44 bits per heavy atom. The van der Waals surface area contributed by atoms with E-state index in [4.69, 9.17) is 0 Å². The molecule has 0 amide bonds. The fourth-order valence-corrected chi connectivity index (χ4v) is 1.43. The summed E-state index contributed by atoms with van der Waals surface area (Å²) in [7, 11) is 0. The fraction of sp³-hybridized carbons (Fsp3) is 0.462. The number of ketones is 1. The van der Waals surface area contributed by atoms with Gasteiger partial charge in [0.15, 0.2) is 5.78 Å². The predicted molar refractivity (Wildman–Crippen MR) is 59.5 cm³/mol. The third kappa shape index (κ3) is 3.12. The summed E-state index contributed by atoms with van der Waals surface area (Å²) in [4.78, 5) is 11.7. The van der Waals surface area contributed by atoms with Gasteiger partial charge in [0.2, 0.25) is 0 Å². The normalized spacial score (nSPS) is 10.9. The molecule has 0 saturated heterocycles. The van der Waals surface area contributed by atoms with E-state index in [9.17, 15) is 13.6 Å². The van der Waals surface area contributed by atoms with Crippen molar-refractivity contribution in [3.8, 4) is 0 Å². The van der Waals surface area contributed by atoms with Gasteiger partial charge in [-0.25, -0.2) is 8.78 Å². The van der Waals surface area contributed by atoms with Crippen molar-refractivity contribution < 1.29 is 13.6 Å². The largest absolute Gasteiger partial charge is 0.294 e. The molecule has 0 bridgehead atoms. The van der Waals surface area contributed by atoms with Crippen LogP contribution in [0.15, 0.2) is 12.1 Å². The van der Waals surface area contributed by atoms with Crippen LogP contribution in [0.5, 0.6) is 0 Å². The predicted octanol–water partition coefficient (Wildman–Crippen LogP) is 3.89. The fourth-order valence-electron chi connectivity index (χ4n) is 1.43. The van der Waals surface area contributed by atoms with Crippen molar-refractivity contribution in [3.05, 3.63) is 34.9 Å². The second kappa shape index (κ2) is 5.19. The Labute approximate surface area is 94.5 Å². The maximum atomic E-state index is 13.3. The van der Waals surface area contributed by atoms with E-state index in [2.05, 4.69) is 0 Å². The number of carbonyl (C=O) groups excluding carboxylic acids is 1. The molecule has 0 spiro atoms. The molecule has 0 heterocycles. The summed E-state index contributed by atoms with van der Waals surface area (Å²) < 4.78 is 26.3. The average molecular weight is 226 g/mol. The molecule has 0 saturated carbocycles. The number of benzene rings is 1. The molecular formula is C13H16F2O. The lowest BCUT2D eigenvalue weighted by molar-refractivity contribution is 0.0971. The first-order chi connectivity index (χ1) is 7.41. The summed E-state index contributed by atoms with van der Waals surface area (Å²) in [6.07, 6.45) is 1.02. The Morgan fingerprint density at radius 1 is 1.25 bits per heavy atom. The summed E-state index contributed by atoms with van der Waals surface area (Å²) in [6.45, 7) is 5.52. The molecule has 1 aromatic rings. The van der Waals surface area contributed by atoms with E-state index >= 15 is 0 Å². The van der Waals surface area contributed by atoms with E-state index in [0.29, 0.717) is 24.3 Å². The maximum Gasteiger partial charge on any atom is 0.165 e. The van der Waals surface area contributed by atoms with Crippen LogP contribution in [0.3, 0.4) is 0 Å². The molecule has 1 nitrogen and oxygen atoms in total. The van der Waals surface area contributed by atoms with E-state index in [1.165, 1.54) is 13.0 Å². The third-order valence-electron chi connectivity index (χ3n) is 2.50. The van der Waals surface area contributed by atoms with Crippen molar-refractivity contribution >= 4 is 5.78 Å². The van der Waals surface area contributed by atoms with Gasteiger partial charge in [-0.3, -0.25) is 4.79 Å². The number of hydrogen-bond acceptors (Lipinski definition) is 1. The number of aryl methyl sites for hydroxylation is 1. The Morgan fingerprint density at radius 2 is 1.88 bits per heavy atom. The summed E-state index contributed by atoms with van der Waals surface area (Å²) >= 11 is 0. The van der Waals surface area contributed by atoms with Gasteiger partial charge in [0.25, 0.3) is 0 Å². The van der Waals surface area contributed by atoms with Gasteiger partial charge in [0.05, 0.1) is 5.56 Å². The van der Waals surface area contributed by atoms with Crippen LogP contribution >= 0.6 is 0 Å². The topological polar surface area (TPSA) is 17.1 Å². The van der Waals surface area contributed by atoms with Crippen LogP contribution in [0, 0.1) is 24.5 Å². The lowest BCUT2D eigenvalue weighted by Gasteiger charge is -2.06. The minimum atomic E-state index is -0.767. The summed E-state index contributed by atoms with van der Waals surface area (Å²) in [5.41, 5.74) is 0.300. The molecule has 88 valence electrons. The average Bonchev–Trinajstić information content (AvgIpc) is 2.20. The second-order valence-electron chi connectivity index (χ2n) is 4.44. The van der Waals surface area contributed by atoms with Crippen molar-refractivity contribution in [3.63, 3.8) is 0 Å². The number of hydrogen-bond donors (Lipinski definition) is 0. The molecular weight excluding hydrogens is 210 g/mol. The Hall–Kier alpha value is -1.25. The molecule has 0 N–H and O–H groups in total. The molecule has 0 fully saturated rings. The minimum Gasteiger partial charge on any atom is -0.294 e. The van der Waals surface area contributed by atoms with E-state index in [0.717, 1.165) is 6.07 Å². The zero-order valence-electron chi connectivity index (χ0n) is 9.81. The second-order valence-corrected chi connectivity index (χ2v) is 4.44. The zero-order valence-corrected chi connectivity index (χ0v) is 9.81. The van der Waals surface area contributed by atoms with Crippen LogP contribution < -0.4 is 0 Å². The van der Waals surface area contributed by atoms with Gasteiger partial charge in [0.1, 0.15) is 11.6 Å². The maximum absolute atomic E-state index is 13.3. The summed E-state index contributed by atoms with van der Waals surface area (Å²) in [5, 5.41) is 0. The monoisotopic (exact) mass is 226 g/mol. The molecule has 1 aromatic carbocycles. The van der Waals surface area contributed by atoms with Crippen LogP contribution in [0.2, 0.25) is 0 Å². The Kier molecular flexibility index (Phi) is 4.16. The first-order valence-corrected chi connectivity index (χ1v) is 5.40. The summed E-state index contributed by atoms with van der Waals surface area (Å²) in [5.74, 6) is -1.24. The highest BCUT2D eigenvalue weighted by atomic mass is 19.1. The van der Waals surface area contributed by atoms with Gasteiger partial charge in [-0.2, -0.15) is 0 Å². The SMILES string of the molecule is Cc1cc(C(=O)CCC(C)C)c(F)cc1F. The van der Waals surface area contributed by atoms with Crippen molar-refractivity contribution in [2.24, 2.45) is 5.92 Å². The number of halogens is 2. The first kappa shape index (κ1) is 12.8. The van der Waals surface area contributed by atoms with Gasteiger partial charge < -0.3 is 0 Å².